The fourth-order valence-corrected chi connectivity index (χ4v) is 3.36. The third-order valence-corrected chi connectivity index (χ3v) is 4.75. The van der Waals surface area contributed by atoms with Crippen LogP contribution in [0.4, 0.5) is 0 Å². The molecular weight excluding hydrogens is 208 g/mol. The van der Waals surface area contributed by atoms with Crippen molar-refractivity contribution >= 4 is 5.78 Å². The van der Waals surface area contributed by atoms with Gasteiger partial charge in [0.1, 0.15) is 5.78 Å². The second kappa shape index (κ2) is 4.29. The van der Waals surface area contributed by atoms with Gasteiger partial charge in [0.2, 0.25) is 0 Å². The van der Waals surface area contributed by atoms with E-state index in [9.17, 15) is 4.79 Å². The average Bonchev–Trinajstić information content (AvgIpc) is 2.59. The minimum Gasteiger partial charge on any atom is -0.299 e. The summed E-state index contributed by atoms with van der Waals surface area (Å²) >= 11 is 0. The molecule has 3 rings (SSSR count). The molecule has 0 aromatic heterocycles. The lowest BCUT2D eigenvalue weighted by atomic mass is 9.75. The summed E-state index contributed by atoms with van der Waals surface area (Å²) in [5.41, 5.74) is 3.00. The van der Waals surface area contributed by atoms with Gasteiger partial charge in [-0.15, -0.1) is 0 Å². The van der Waals surface area contributed by atoms with Crippen molar-refractivity contribution in [1.29, 1.82) is 0 Å². The maximum absolute atomic E-state index is 11.7. The van der Waals surface area contributed by atoms with Crippen LogP contribution in [0.5, 0.6) is 0 Å². The minimum absolute atomic E-state index is 0.233. The highest BCUT2D eigenvalue weighted by Crippen LogP contribution is 2.44. The number of Topliss-reactive ketones (excluding diaryl/α,β-unsaturated/α-hetero) is 1. The molecule has 0 amide bonds. The Morgan fingerprint density at radius 1 is 1.06 bits per heavy atom. The Bertz CT molecular complexity index is 431. The topological polar surface area (TPSA) is 17.1 Å². The molecule has 0 heterocycles. The van der Waals surface area contributed by atoms with Gasteiger partial charge in [-0.05, 0) is 42.2 Å². The first-order chi connectivity index (χ1) is 8.27. The Balaban J connectivity index is 1.94. The second-order valence-electron chi connectivity index (χ2n) is 5.66. The Kier molecular flexibility index (Phi) is 2.78. The van der Waals surface area contributed by atoms with Crippen molar-refractivity contribution in [2.75, 3.05) is 0 Å². The predicted octanol–water partition coefficient (Wildman–Crippen LogP) is 4.04. The molecule has 0 aliphatic heterocycles. The van der Waals surface area contributed by atoms with Crippen LogP contribution in [0.2, 0.25) is 0 Å². The van der Waals surface area contributed by atoms with Crippen LogP contribution in [0.3, 0.4) is 0 Å². The van der Waals surface area contributed by atoms with Crippen molar-refractivity contribution in [2.24, 2.45) is 5.92 Å². The van der Waals surface area contributed by atoms with E-state index in [-0.39, 0.29) is 5.92 Å². The van der Waals surface area contributed by atoms with Gasteiger partial charge in [0, 0.05) is 12.3 Å². The minimum atomic E-state index is 0.233. The SMILES string of the molecule is CC1C(=O)CCC1c1ccccc1C1CCC1. The van der Waals surface area contributed by atoms with E-state index in [1.165, 1.54) is 30.4 Å². The van der Waals surface area contributed by atoms with Crippen molar-refractivity contribution in [3.63, 3.8) is 0 Å². The summed E-state index contributed by atoms with van der Waals surface area (Å²) in [5, 5.41) is 0. The molecule has 2 aliphatic rings. The smallest absolute Gasteiger partial charge is 0.136 e. The standard InChI is InChI=1S/C16H20O/c1-11-13(9-10-16(11)17)15-8-3-2-7-14(15)12-5-4-6-12/h2-3,7-8,11-13H,4-6,9-10H2,1H3. The molecule has 1 aromatic rings. The van der Waals surface area contributed by atoms with Gasteiger partial charge in [0.25, 0.3) is 0 Å². The highest BCUT2D eigenvalue weighted by Gasteiger charge is 2.34. The van der Waals surface area contributed by atoms with E-state index in [1.54, 1.807) is 0 Å². The van der Waals surface area contributed by atoms with Crippen molar-refractivity contribution in [2.45, 2.75) is 50.9 Å². The summed E-state index contributed by atoms with van der Waals surface area (Å²) < 4.78 is 0. The summed E-state index contributed by atoms with van der Waals surface area (Å²) in [5.74, 6) is 1.95. The van der Waals surface area contributed by atoms with E-state index in [2.05, 4.69) is 31.2 Å². The average molecular weight is 228 g/mol. The lowest BCUT2D eigenvalue weighted by Crippen LogP contribution is -2.15. The Morgan fingerprint density at radius 3 is 2.29 bits per heavy atom. The van der Waals surface area contributed by atoms with Gasteiger partial charge >= 0.3 is 0 Å². The van der Waals surface area contributed by atoms with Crippen molar-refractivity contribution in [3.05, 3.63) is 35.4 Å². The quantitative estimate of drug-likeness (QED) is 0.746. The number of rotatable bonds is 2. The zero-order valence-electron chi connectivity index (χ0n) is 10.5. The van der Waals surface area contributed by atoms with Gasteiger partial charge in [-0.25, -0.2) is 0 Å². The third-order valence-electron chi connectivity index (χ3n) is 4.75. The van der Waals surface area contributed by atoms with Crippen LogP contribution >= 0.6 is 0 Å². The third kappa shape index (κ3) is 1.82. The molecular formula is C16H20O. The first-order valence-corrected chi connectivity index (χ1v) is 6.89. The zero-order chi connectivity index (χ0) is 11.8. The van der Waals surface area contributed by atoms with Crippen molar-refractivity contribution < 1.29 is 4.79 Å². The highest BCUT2D eigenvalue weighted by atomic mass is 16.1. The van der Waals surface area contributed by atoms with Gasteiger partial charge in [-0.3, -0.25) is 4.79 Å². The molecule has 17 heavy (non-hydrogen) atoms. The molecule has 2 atom stereocenters. The maximum Gasteiger partial charge on any atom is 0.136 e. The van der Waals surface area contributed by atoms with E-state index >= 15 is 0 Å². The molecule has 0 bridgehead atoms. The number of carbonyl (C=O) groups excluding carboxylic acids is 1. The monoisotopic (exact) mass is 228 g/mol. The molecule has 0 spiro atoms. The molecule has 2 saturated carbocycles. The number of carbonyl (C=O) groups is 1. The molecule has 1 heteroatoms. The number of hydrogen-bond acceptors (Lipinski definition) is 1. The molecule has 2 fully saturated rings. The predicted molar refractivity (Wildman–Crippen MR) is 69.2 cm³/mol. The van der Waals surface area contributed by atoms with Crippen molar-refractivity contribution in [3.8, 4) is 0 Å². The zero-order valence-corrected chi connectivity index (χ0v) is 10.5. The first kappa shape index (κ1) is 11.0. The van der Waals surface area contributed by atoms with E-state index in [1.807, 2.05) is 0 Å². The number of hydrogen-bond donors (Lipinski definition) is 0. The number of benzene rings is 1. The van der Waals surface area contributed by atoms with Crippen molar-refractivity contribution in [1.82, 2.24) is 0 Å². The molecule has 90 valence electrons. The summed E-state index contributed by atoms with van der Waals surface area (Å²) in [6, 6.07) is 8.83. The van der Waals surface area contributed by atoms with Crippen LogP contribution < -0.4 is 0 Å². The molecule has 2 aliphatic carbocycles. The summed E-state index contributed by atoms with van der Waals surface area (Å²) in [6.45, 7) is 2.11. The molecule has 0 radical (unpaired) electrons. The van der Waals surface area contributed by atoms with Gasteiger partial charge in [-0.2, -0.15) is 0 Å². The maximum atomic E-state index is 11.7. The Hall–Kier alpha value is -1.11. The number of ketones is 1. The Labute approximate surface area is 103 Å². The highest BCUT2D eigenvalue weighted by molar-refractivity contribution is 5.84. The van der Waals surface area contributed by atoms with Crippen LogP contribution in [0.1, 0.15) is 62.0 Å². The fraction of sp³-hybridized carbons (Fsp3) is 0.562. The van der Waals surface area contributed by atoms with Gasteiger partial charge < -0.3 is 0 Å². The normalized spacial score (nSPS) is 29.4. The van der Waals surface area contributed by atoms with Crippen LogP contribution in [-0.2, 0) is 4.79 Å². The summed E-state index contributed by atoms with van der Waals surface area (Å²) in [6.07, 6.45) is 5.89. The molecule has 0 saturated heterocycles. The molecule has 0 N–H and O–H groups in total. The fourth-order valence-electron chi connectivity index (χ4n) is 3.36. The Morgan fingerprint density at radius 2 is 1.76 bits per heavy atom. The largest absolute Gasteiger partial charge is 0.299 e. The van der Waals surface area contributed by atoms with E-state index < -0.39 is 0 Å². The van der Waals surface area contributed by atoms with Crippen LogP contribution in [0.25, 0.3) is 0 Å². The van der Waals surface area contributed by atoms with E-state index in [4.69, 9.17) is 0 Å². The molecule has 2 unspecified atom stereocenters. The lowest BCUT2D eigenvalue weighted by molar-refractivity contribution is -0.120. The van der Waals surface area contributed by atoms with Crippen LogP contribution in [0, 0.1) is 5.92 Å². The van der Waals surface area contributed by atoms with E-state index in [0.717, 1.165) is 18.8 Å². The van der Waals surface area contributed by atoms with E-state index in [0.29, 0.717) is 11.7 Å². The molecule has 1 aromatic carbocycles. The molecule has 1 nitrogen and oxygen atoms in total. The van der Waals surface area contributed by atoms with Crippen LogP contribution in [0.15, 0.2) is 24.3 Å². The first-order valence-electron chi connectivity index (χ1n) is 6.89. The van der Waals surface area contributed by atoms with Gasteiger partial charge in [0.05, 0.1) is 0 Å². The van der Waals surface area contributed by atoms with Gasteiger partial charge in [-0.1, -0.05) is 37.6 Å². The van der Waals surface area contributed by atoms with Crippen LogP contribution in [-0.4, -0.2) is 5.78 Å². The lowest BCUT2D eigenvalue weighted by Gasteiger charge is -2.30. The summed E-state index contributed by atoms with van der Waals surface area (Å²) in [7, 11) is 0. The van der Waals surface area contributed by atoms with Gasteiger partial charge in [0.15, 0.2) is 0 Å². The second-order valence-corrected chi connectivity index (χ2v) is 5.66. The summed E-state index contributed by atoms with van der Waals surface area (Å²) in [4.78, 5) is 11.7.